The molecule has 3 heteroatoms. The number of carbonyl (C=O) groups is 1. The maximum absolute atomic E-state index is 10.2. The van der Waals surface area contributed by atoms with Gasteiger partial charge in [0.05, 0.1) is 0 Å². The van der Waals surface area contributed by atoms with E-state index in [4.69, 9.17) is 11.6 Å². The van der Waals surface area contributed by atoms with E-state index >= 15 is 0 Å². The van der Waals surface area contributed by atoms with Crippen molar-refractivity contribution >= 4 is 34.9 Å². The van der Waals surface area contributed by atoms with Crippen LogP contribution in [0.25, 0.3) is 17.0 Å². The molecule has 0 unspecified atom stereocenters. The number of aldehydes is 1. The molecule has 0 fully saturated rings. The van der Waals surface area contributed by atoms with E-state index in [2.05, 4.69) is 4.98 Å². The molecule has 1 N–H and O–H groups in total. The highest BCUT2D eigenvalue weighted by atomic mass is 35.5. The molecule has 0 saturated heterocycles. The second-order valence-corrected chi connectivity index (χ2v) is 3.37. The number of hydrogen-bond donors (Lipinski definition) is 1. The van der Waals surface area contributed by atoms with Gasteiger partial charge in [0.2, 0.25) is 0 Å². The van der Waals surface area contributed by atoms with E-state index in [0.717, 1.165) is 22.8 Å². The van der Waals surface area contributed by atoms with Crippen LogP contribution in [0.5, 0.6) is 0 Å². The largest absolute Gasteiger partial charge is 0.361 e. The molecule has 2 rings (SSSR count). The highest BCUT2D eigenvalue weighted by Crippen LogP contribution is 2.22. The Bertz CT molecular complexity index is 499. The Morgan fingerprint density at radius 3 is 3.00 bits per heavy atom. The number of H-pyrrole nitrogens is 1. The molecule has 0 aliphatic rings. The Kier molecular flexibility index (Phi) is 2.37. The quantitative estimate of drug-likeness (QED) is 0.593. The Morgan fingerprint density at radius 1 is 1.36 bits per heavy atom. The number of allylic oxidation sites excluding steroid dienone is 1. The van der Waals surface area contributed by atoms with Gasteiger partial charge in [-0.3, -0.25) is 4.79 Å². The van der Waals surface area contributed by atoms with Gasteiger partial charge < -0.3 is 4.98 Å². The van der Waals surface area contributed by atoms with Crippen molar-refractivity contribution < 1.29 is 4.79 Å². The van der Waals surface area contributed by atoms with Gasteiger partial charge >= 0.3 is 0 Å². The molecule has 0 bridgehead atoms. The third-order valence-electron chi connectivity index (χ3n) is 2.03. The van der Waals surface area contributed by atoms with Gasteiger partial charge in [0.1, 0.15) is 6.29 Å². The monoisotopic (exact) mass is 205 g/mol. The van der Waals surface area contributed by atoms with E-state index in [0.29, 0.717) is 5.02 Å². The summed E-state index contributed by atoms with van der Waals surface area (Å²) in [6.07, 6.45) is 5.84. The number of hydrogen-bond acceptors (Lipinski definition) is 1. The number of benzene rings is 1. The Labute approximate surface area is 86.2 Å². The van der Waals surface area contributed by atoms with E-state index in [9.17, 15) is 4.79 Å². The lowest BCUT2D eigenvalue weighted by Gasteiger charge is -1.92. The zero-order valence-corrected chi connectivity index (χ0v) is 8.08. The molecule has 0 aliphatic heterocycles. The Hall–Kier alpha value is -1.54. The smallest absolute Gasteiger partial charge is 0.142 e. The molecule has 14 heavy (non-hydrogen) atoms. The number of carbonyl (C=O) groups excluding carboxylic acids is 1. The maximum Gasteiger partial charge on any atom is 0.142 e. The third kappa shape index (κ3) is 1.56. The fraction of sp³-hybridized carbons (Fsp3) is 0. The fourth-order valence-electron chi connectivity index (χ4n) is 1.40. The lowest BCUT2D eigenvalue weighted by Crippen LogP contribution is -1.69. The van der Waals surface area contributed by atoms with E-state index in [1.807, 2.05) is 24.4 Å². The average molecular weight is 206 g/mol. The fourth-order valence-corrected chi connectivity index (χ4v) is 1.57. The van der Waals surface area contributed by atoms with Gasteiger partial charge in [-0.25, -0.2) is 0 Å². The molecule has 0 amide bonds. The summed E-state index contributed by atoms with van der Waals surface area (Å²) in [4.78, 5) is 13.3. The molecule has 2 nitrogen and oxygen atoms in total. The van der Waals surface area contributed by atoms with Crippen LogP contribution in [-0.2, 0) is 4.79 Å². The summed E-state index contributed by atoms with van der Waals surface area (Å²) in [6, 6.07) is 5.61. The van der Waals surface area contributed by atoms with Gasteiger partial charge in [-0.05, 0) is 29.8 Å². The predicted molar refractivity (Wildman–Crippen MR) is 58.4 cm³/mol. The highest BCUT2D eigenvalue weighted by molar-refractivity contribution is 6.31. The van der Waals surface area contributed by atoms with Crippen LogP contribution in [0.3, 0.4) is 0 Å². The summed E-state index contributed by atoms with van der Waals surface area (Å²) >= 11 is 5.84. The SMILES string of the molecule is O=CC=Cc1c[nH]c2cc(Cl)ccc12. The molecular weight excluding hydrogens is 198 g/mol. The van der Waals surface area contributed by atoms with E-state index in [-0.39, 0.29) is 0 Å². The average Bonchev–Trinajstić information content (AvgIpc) is 2.57. The lowest BCUT2D eigenvalue weighted by molar-refractivity contribution is -0.104. The standard InChI is InChI=1S/C11H8ClNO/c12-9-3-4-10-8(2-1-5-14)7-13-11(10)6-9/h1-7,13H. The summed E-state index contributed by atoms with van der Waals surface area (Å²) in [5, 5.41) is 1.76. The van der Waals surface area contributed by atoms with Crippen molar-refractivity contribution in [3.8, 4) is 0 Å². The minimum Gasteiger partial charge on any atom is -0.361 e. The molecule has 1 aromatic heterocycles. The van der Waals surface area contributed by atoms with Crippen molar-refractivity contribution in [1.29, 1.82) is 0 Å². The van der Waals surface area contributed by atoms with Crippen LogP contribution in [0.1, 0.15) is 5.56 Å². The van der Waals surface area contributed by atoms with Crippen molar-refractivity contribution in [3.63, 3.8) is 0 Å². The molecule has 70 valence electrons. The second-order valence-electron chi connectivity index (χ2n) is 2.93. The summed E-state index contributed by atoms with van der Waals surface area (Å²) in [5.74, 6) is 0. The molecule has 0 atom stereocenters. The first-order valence-electron chi connectivity index (χ1n) is 4.20. The number of aromatic amines is 1. The molecule has 2 aromatic rings. The van der Waals surface area contributed by atoms with Crippen LogP contribution in [0.15, 0.2) is 30.5 Å². The maximum atomic E-state index is 10.2. The molecular formula is C11H8ClNO. The number of nitrogens with one attached hydrogen (secondary N) is 1. The van der Waals surface area contributed by atoms with Crippen molar-refractivity contribution in [3.05, 3.63) is 41.1 Å². The normalized spacial score (nSPS) is 11.2. The molecule has 0 spiro atoms. The van der Waals surface area contributed by atoms with Crippen molar-refractivity contribution in [2.45, 2.75) is 0 Å². The topological polar surface area (TPSA) is 32.9 Å². The van der Waals surface area contributed by atoms with Crippen LogP contribution in [0.4, 0.5) is 0 Å². The molecule has 0 radical (unpaired) electrons. The summed E-state index contributed by atoms with van der Waals surface area (Å²) in [7, 11) is 0. The molecule has 0 aliphatic carbocycles. The summed E-state index contributed by atoms with van der Waals surface area (Å²) in [6.45, 7) is 0. The van der Waals surface area contributed by atoms with Crippen LogP contribution in [0, 0.1) is 0 Å². The minimum absolute atomic E-state index is 0.699. The van der Waals surface area contributed by atoms with Crippen molar-refractivity contribution in [2.75, 3.05) is 0 Å². The van der Waals surface area contributed by atoms with Gasteiger partial charge in [-0.15, -0.1) is 0 Å². The zero-order chi connectivity index (χ0) is 9.97. The summed E-state index contributed by atoms with van der Waals surface area (Å²) in [5.41, 5.74) is 1.96. The first kappa shape index (κ1) is 9.03. The Morgan fingerprint density at radius 2 is 2.21 bits per heavy atom. The molecule has 1 heterocycles. The van der Waals surface area contributed by atoms with Gasteiger partial charge in [0.25, 0.3) is 0 Å². The zero-order valence-electron chi connectivity index (χ0n) is 7.33. The number of aromatic nitrogens is 1. The van der Waals surface area contributed by atoms with Gasteiger partial charge in [-0.1, -0.05) is 17.7 Å². The van der Waals surface area contributed by atoms with Crippen molar-refractivity contribution in [1.82, 2.24) is 4.98 Å². The van der Waals surface area contributed by atoms with Crippen LogP contribution >= 0.6 is 11.6 Å². The molecule has 1 aromatic carbocycles. The third-order valence-corrected chi connectivity index (χ3v) is 2.27. The summed E-state index contributed by atoms with van der Waals surface area (Å²) < 4.78 is 0. The van der Waals surface area contributed by atoms with Crippen LogP contribution in [-0.4, -0.2) is 11.3 Å². The lowest BCUT2D eigenvalue weighted by atomic mass is 10.1. The van der Waals surface area contributed by atoms with Crippen molar-refractivity contribution in [2.24, 2.45) is 0 Å². The van der Waals surface area contributed by atoms with Gasteiger partial charge in [0, 0.05) is 22.1 Å². The van der Waals surface area contributed by atoms with E-state index in [1.54, 1.807) is 6.08 Å². The number of rotatable bonds is 2. The first-order valence-corrected chi connectivity index (χ1v) is 4.57. The first-order chi connectivity index (χ1) is 6.81. The second kappa shape index (κ2) is 3.68. The number of halogens is 1. The predicted octanol–water partition coefficient (Wildman–Crippen LogP) is 3.03. The van der Waals surface area contributed by atoms with E-state index in [1.165, 1.54) is 6.08 Å². The Balaban J connectivity index is 2.58. The number of fused-ring (bicyclic) bond motifs is 1. The minimum atomic E-state index is 0.699. The van der Waals surface area contributed by atoms with Crippen LogP contribution < -0.4 is 0 Å². The van der Waals surface area contributed by atoms with Gasteiger partial charge in [-0.2, -0.15) is 0 Å². The van der Waals surface area contributed by atoms with Crippen LogP contribution in [0.2, 0.25) is 5.02 Å². The molecule has 0 saturated carbocycles. The highest BCUT2D eigenvalue weighted by Gasteiger charge is 2.00. The van der Waals surface area contributed by atoms with E-state index < -0.39 is 0 Å². The van der Waals surface area contributed by atoms with Gasteiger partial charge in [0.15, 0.2) is 0 Å².